The second-order valence-corrected chi connectivity index (χ2v) is 7.22. The van der Waals surface area contributed by atoms with Gasteiger partial charge in [-0.25, -0.2) is 4.99 Å². The second kappa shape index (κ2) is 9.03. The van der Waals surface area contributed by atoms with Gasteiger partial charge in [0.1, 0.15) is 0 Å². The summed E-state index contributed by atoms with van der Waals surface area (Å²) in [6.07, 6.45) is -2.65. The zero-order valence-corrected chi connectivity index (χ0v) is 18.0. The second-order valence-electron chi connectivity index (χ2n) is 5.47. The maximum Gasteiger partial charge on any atom is 0.416 e. The van der Waals surface area contributed by atoms with Gasteiger partial charge in [0, 0.05) is 16.4 Å². The molecule has 0 amide bonds. The van der Waals surface area contributed by atoms with Crippen LogP contribution in [0.5, 0.6) is 0 Å². The lowest BCUT2D eigenvalue weighted by molar-refractivity contribution is -0.137. The van der Waals surface area contributed by atoms with Crippen molar-refractivity contribution in [2.45, 2.75) is 12.7 Å². The Balaban J connectivity index is 0.00000261. The van der Waals surface area contributed by atoms with Crippen molar-refractivity contribution in [3.05, 3.63) is 81.4 Å². The molecule has 0 spiro atoms. The summed E-state index contributed by atoms with van der Waals surface area (Å²) in [4.78, 5) is 5.04. The van der Waals surface area contributed by atoms with Gasteiger partial charge in [-0.05, 0) is 35.9 Å². The van der Waals surface area contributed by atoms with Crippen molar-refractivity contribution in [3.63, 3.8) is 0 Å². The summed E-state index contributed by atoms with van der Waals surface area (Å²) in [6, 6.07) is 12.8. The zero-order valence-electron chi connectivity index (χ0n) is 13.9. The molecule has 3 rings (SSSR count). The fourth-order valence-corrected chi connectivity index (χ4v) is 3.64. The van der Waals surface area contributed by atoms with Gasteiger partial charge < -0.3 is 4.57 Å². The minimum Gasteiger partial charge on any atom is -0.313 e. The number of alkyl halides is 3. The molecular formula is C19H15Br2F3N2S. The minimum absolute atomic E-state index is 0. The van der Waals surface area contributed by atoms with Crippen molar-refractivity contribution in [3.8, 4) is 11.3 Å². The van der Waals surface area contributed by atoms with E-state index in [1.807, 2.05) is 34.2 Å². The monoisotopic (exact) mass is 518 g/mol. The van der Waals surface area contributed by atoms with Gasteiger partial charge in [-0.2, -0.15) is 13.2 Å². The van der Waals surface area contributed by atoms with Crippen LogP contribution in [0.4, 0.5) is 18.9 Å². The van der Waals surface area contributed by atoms with Crippen LogP contribution in [-0.4, -0.2) is 4.57 Å². The summed E-state index contributed by atoms with van der Waals surface area (Å²) in [7, 11) is 0. The van der Waals surface area contributed by atoms with Crippen LogP contribution >= 0.6 is 44.2 Å². The predicted octanol–water partition coefficient (Wildman–Crippen LogP) is 6.99. The Hall–Kier alpha value is -1.64. The Bertz CT molecular complexity index is 989. The van der Waals surface area contributed by atoms with Gasteiger partial charge in [-0.3, -0.25) is 0 Å². The fraction of sp³-hybridized carbons (Fsp3) is 0.105. The van der Waals surface area contributed by atoms with Crippen LogP contribution in [0.3, 0.4) is 0 Å². The molecule has 0 unspecified atom stereocenters. The highest BCUT2D eigenvalue weighted by molar-refractivity contribution is 9.10. The van der Waals surface area contributed by atoms with Gasteiger partial charge in [0.15, 0.2) is 4.80 Å². The SMILES string of the molecule is Br.C=CCn1c(-c2ccc(Br)cc2)csc1=Nc1cccc(C(F)(F)F)c1. The van der Waals surface area contributed by atoms with Crippen LogP contribution in [0.25, 0.3) is 11.3 Å². The van der Waals surface area contributed by atoms with Crippen LogP contribution in [0.15, 0.2) is 76.0 Å². The smallest absolute Gasteiger partial charge is 0.313 e. The third-order valence-electron chi connectivity index (χ3n) is 3.65. The molecule has 0 aliphatic carbocycles. The predicted molar refractivity (Wildman–Crippen MR) is 113 cm³/mol. The van der Waals surface area contributed by atoms with Crippen molar-refractivity contribution in [1.29, 1.82) is 0 Å². The summed E-state index contributed by atoms with van der Waals surface area (Å²) in [5.74, 6) is 0. The van der Waals surface area contributed by atoms with E-state index in [0.29, 0.717) is 11.3 Å². The lowest BCUT2D eigenvalue weighted by Gasteiger charge is -2.08. The van der Waals surface area contributed by atoms with Gasteiger partial charge in [0.05, 0.1) is 16.9 Å². The van der Waals surface area contributed by atoms with E-state index < -0.39 is 11.7 Å². The van der Waals surface area contributed by atoms with Crippen LogP contribution < -0.4 is 4.80 Å². The first-order valence-corrected chi connectivity index (χ1v) is 9.33. The van der Waals surface area contributed by atoms with Crippen molar-refractivity contribution in [1.82, 2.24) is 4.57 Å². The van der Waals surface area contributed by atoms with Crippen LogP contribution in [0, 0.1) is 0 Å². The number of hydrogen-bond donors (Lipinski definition) is 0. The molecular weight excluding hydrogens is 505 g/mol. The molecule has 0 saturated heterocycles. The summed E-state index contributed by atoms with van der Waals surface area (Å²) in [6.45, 7) is 4.27. The lowest BCUT2D eigenvalue weighted by atomic mass is 10.2. The first kappa shape index (κ1) is 21.7. The molecule has 2 nitrogen and oxygen atoms in total. The Morgan fingerprint density at radius 2 is 1.85 bits per heavy atom. The van der Waals surface area contributed by atoms with E-state index in [9.17, 15) is 13.2 Å². The molecule has 2 aromatic carbocycles. The Morgan fingerprint density at radius 1 is 1.15 bits per heavy atom. The van der Waals surface area contributed by atoms with Gasteiger partial charge in [-0.15, -0.1) is 34.9 Å². The van der Waals surface area contributed by atoms with E-state index >= 15 is 0 Å². The minimum atomic E-state index is -4.39. The molecule has 142 valence electrons. The molecule has 8 heteroatoms. The summed E-state index contributed by atoms with van der Waals surface area (Å²) < 4.78 is 41.6. The molecule has 0 saturated carbocycles. The highest BCUT2D eigenvalue weighted by atomic mass is 79.9. The number of thiazole rings is 1. The van der Waals surface area contributed by atoms with Gasteiger partial charge in [0.25, 0.3) is 0 Å². The van der Waals surface area contributed by atoms with Crippen LogP contribution in [0.1, 0.15) is 5.56 Å². The summed E-state index contributed by atoms with van der Waals surface area (Å²) in [5.41, 5.74) is 1.49. The maximum absolute atomic E-state index is 12.9. The van der Waals surface area contributed by atoms with E-state index in [1.165, 1.54) is 17.4 Å². The third kappa shape index (κ3) is 5.21. The average Bonchev–Trinajstić information content (AvgIpc) is 2.98. The zero-order chi connectivity index (χ0) is 18.7. The van der Waals surface area contributed by atoms with Gasteiger partial charge >= 0.3 is 6.18 Å². The fourth-order valence-electron chi connectivity index (χ4n) is 2.44. The van der Waals surface area contributed by atoms with E-state index in [1.54, 1.807) is 12.1 Å². The molecule has 1 heterocycles. The van der Waals surface area contributed by atoms with Crippen molar-refractivity contribution >= 4 is 49.9 Å². The Labute approximate surface area is 177 Å². The van der Waals surface area contributed by atoms with Crippen molar-refractivity contribution in [2.24, 2.45) is 4.99 Å². The number of rotatable bonds is 4. The molecule has 3 aromatic rings. The number of nitrogens with zero attached hydrogens (tertiary/aromatic N) is 2. The molecule has 0 aliphatic rings. The van der Waals surface area contributed by atoms with Gasteiger partial charge in [-0.1, -0.05) is 40.2 Å². The quantitative estimate of drug-likeness (QED) is 0.330. The standard InChI is InChI=1S/C19H14BrF3N2S.BrH/c1-2-10-25-17(13-6-8-15(20)9-7-13)12-26-18(25)24-16-5-3-4-14(11-16)19(21,22)23;/h2-9,11-12H,1,10H2;1H. The highest BCUT2D eigenvalue weighted by Crippen LogP contribution is 2.31. The number of halogens is 5. The molecule has 0 aliphatic heterocycles. The molecule has 0 radical (unpaired) electrons. The molecule has 0 atom stereocenters. The van der Waals surface area contributed by atoms with E-state index in [-0.39, 0.29) is 22.7 Å². The normalized spacial score (nSPS) is 11.9. The molecule has 0 bridgehead atoms. The average molecular weight is 520 g/mol. The number of benzene rings is 2. The summed E-state index contributed by atoms with van der Waals surface area (Å²) in [5, 5.41) is 1.94. The van der Waals surface area contributed by atoms with E-state index in [0.717, 1.165) is 27.9 Å². The van der Waals surface area contributed by atoms with E-state index in [4.69, 9.17) is 0 Å². The Kier molecular flexibility index (Phi) is 7.25. The number of hydrogen-bond acceptors (Lipinski definition) is 2. The topological polar surface area (TPSA) is 17.3 Å². The highest BCUT2D eigenvalue weighted by Gasteiger charge is 2.30. The molecule has 1 aromatic heterocycles. The van der Waals surface area contributed by atoms with Gasteiger partial charge in [0.2, 0.25) is 0 Å². The maximum atomic E-state index is 12.9. The van der Waals surface area contributed by atoms with Crippen molar-refractivity contribution in [2.75, 3.05) is 0 Å². The third-order valence-corrected chi connectivity index (χ3v) is 5.04. The lowest BCUT2D eigenvalue weighted by Crippen LogP contribution is -2.14. The Morgan fingerprint density at radius 3 is 2.48 bits per heavy atom. The molecule has 0 fully saturated rings. The van der Waals surface area contributed by atoms with Crippen LogP contribution in [-0.2, 0) is 12.7 Å². The number of allylic oxidation sites excluding steroid dienone is 1. The summed E-state index contributed by atoms with van der Waals surface area (Å²) >= 11 is 4.79. The number of aromatic nitrogens is 1. The van der Waals surface area contributed by atoms with Crippen molar-refractivity contribution < 1.29 is 13.2 Å². The molecule has 27 heavy (non-hydrogen) atoms. The molecule has 0 N–H and O–H groups in total. The van der Waals surface area contributed by atoms with Crippen LogP contribution in [0.2, 0.25) is 0 Å². The first-order valence-electron chi connectivity index (χ1n) is 7.65. The first-order chi connectivity index (χ1) is 12.4. The largest absolute Gasteiger partial charge is 0.416 e. The van der Waals surface area contributed by atoms with E-state index in [2.05, 4.69) is 27.5 Å².